The van der Waals surface area contributed by atoms with Gasteiger partial charge in [-0.2, -0.15) is 26.3 Å². The van der Waals surface area contributed by atoms with Crippen LogP contribution in [0.4, 0.5) is 26.3 Å². The van der Waals surface area contributed by atoms with E-state index in [4.69, 9.17) is 39.7 Å². The Morgan fingerprint density at radius 1 is 0.887 bits per heavy atom. The summed E-state index contributed by atoms with van der Waals surface area (Å²) in [5.41, 5.74) is 4.16. The number of hydrogen-bond donors (Lipinski definition) is 9. The maximum atomic E-state index is 14.2. The summed E-state index contributed by atoms with van der Waals surface area (Å²) >= 11 is 0. The van der Waals surface area contributed by atoms with Crippen molar-refractivity contribution in [2.75, 3.05) is 33.7 Å². The van der Waals surface area contributed by atoms with Gasteiger partial charge in [-0.15, -0.1) is 0 Å². The molecule has 0 spiro atoms. The highest BCUT2D eigenvalue weighted by atomic mass is 19.4. The molecular formula is C35H52F6N6O15. The highest BCUT2D eigenvalue weighted by Gasteiger charge is 2.55. The first kappa shape index (κ1) is 53.7. The largest absolute Gasteiger partial charge is 0.490 e. The second-order valence-corrected chi connectivity index (χ2v) is 14.2. The normalized spacial score (nSPS) is 27.3. The van der Waals surface area contributed by atoms with Gasteiger partial charge in [-0.25, -0.2) is 14.4 Å². The average molecular weight is 911 g/mol. The number of aliphatic carboxylic acids is 2. The van der Waals surface area contributed by atoms with E-state index in [-0.39, 0.29) is 18.8 Å². The van der Waals surface area contributed by atoms with E-state index >= 15 is 0 Å². The Labute approximate surface area is 348 Å². The fourth-order valence-corrected chi connectivity index (χ4v) is 6.32. The Balaban J connectivity index is 0.000000811. The first-order chi connectivity index (χ1) is 28.8. The predicted octanol–water partition coefficient (Wildman–Crippen LogP) is -1.26. The number of rotatable bonds is 15. The number of nitrogens with two attached hydrogens (primary N) is 1. The fraction of sp³-hybridized carbons (Fsp3) is 0.714. The molecule has 1 aromatic rings. The van der Waals surface area contributed by atoms with Crippen molar-refractivity contribution in [3.05, 3.63) is 44.9 Å². The van der Waals surface area contributed by atoms with Gasteiger partial charge in [0.25, 0.3) is 11.5 Å². The minimum atomic E-state index is -5.08. The lowest BCUT2D eigenvalue weighted by molar-refractivity contribution is -0.232. The molecule has 2 fully saturated rings. The van der Waals surface area contributed by atoms with Crippen molar-refractivity contribution in [3.63, 3.8) is 0 Å². The van der Waals surface area contributed by atoms with Gasteiger partial charge in [0.2, 0.25) is 5.91 Å². The van der Waals surface area contributed by atoms with E-state index in [9.17, 15) is 65.9 Å². The van der Waals surface area contributed by atoms with E-state index in [1.54, 1.807) is 18.0 Å². The SMILES string of the molecule is CCCCCCCCCNC(=O)C1=CCN(C)[C@@H]([C@H](O[C@@H]2O[C@H](CN)[C@@H](O)[C@H]2O)[C@H]2O[C@@H](n3ccc(=O)[nH]c3=O)[C@H](O)[C@@H]2O)C(=O)N1C.O=C(O)C(F)(F)F.O=C(O)C(F)(F)F. The Morgan fingerprint density at radius 3 is 1.94 bits per heavy atom. The maximum absolute atomic E-state index is 14.2. The van der Waals surface area contributed by atoms with Crippen molar-refractivity contribution < 1.29 is 90.4 Å². The number of aliphatic hydroxyl groups is 4. The summed E-state index contributed by atoms with van der Waals surface area (Å²) in [4.78, 5) is 74.1. The Kier molecular flexibility index (Phi) is 20.6. The number of unbranched alkanes of at least 4 members (excludes halogenated alkanes) is 6. The molecule has 1 aromatic heterocycles. The van der Waals surface area contributed by atoms with Gasteiger partial charge in [-0.1, -0.05) is 45.4 Å². The number of carboxylic acid groups (broad SMARTS) is 2. The van der Waals surface area contributed by atoms with Crippen LogP contribution in [-0.4, -0.2) is 175 Å². The van der Waals surface area contributed by atoms with Gasteiger partial charge in [-0.3, -0.25) is 28.8 Å². The van der Waals surface area contributed by atoms with Crippen molar-refractivity contribution >= 4 is 23.8 Å². The van der Waals surface area contributed by atoms with Crippen LogP contribution < -0.4 is 22.3 Å². The quantitative estimate of drug-likeness (QED) is 0.0732. The summed E-state index contributed by atoms with van der Waals surface area (Å²) in [5.74, 6) is -6.60. The van der Waals surface area contributed by atoms with Gasteiger partial charge >= 0.3 is 30.0 Å². The lowest BCUT2D eigenvalue weighted by Gasteiger charge is -2.38. The molecule has 27 heteroatoms. The molecule has 3 aliphatic heterocycles. The van der Waals surface area contributed by atoms with E-state index in [0.717, 1.165) is 47.4 Å². The van der Waals surface area contributed by atoms with Crippen LogP contribution >= 0.6 is 0 Å². The number of nitrogens with one attached hydrogen (secondary N) is 2. The van der Waals surface area contributed by atoms with Crippen molar-refractivity contribution in [1.82, 2.24) is 24.7 Å². The molecule has 62 heavy (non-hydrogen) atoms. The summed E-state index contributed by atoms with van der Waals surface area (Å²) in [7, 11) is 3.00. The number of amides is 2. The smallest absolute Gasteiger partial charge is 0.475 e. The molecule has 0 aromatic carbocycles. The highest BCUT2D eigenvalue weighted by Crippen LogP contribution is 2.36. The molecule has 0 aliphatic carbocycles. The lowest BCUT2D eigenvalue weighted by Crippen LogP contribution is -2.59. The van der Waals surface area contributed by atoms with E-state index in [0.29, 0.717) is 6.54 Å². The third kappa shape index (κ3) is 14.8. The molecule has 21 nitrogen and oxygen atoms in total. The third-order valence-electron chi connectivity index (χ3n) is 9.65. The van der Waals surface area contributed by atoms with Crippen LogP contribution in [0, 0.1) is 0 Å². The molecule has 10 atom stereocenters. The minimum absolute atomic E-state index is 0.0666. The molecule has 0 saturated carbocycles. The van der Waals surface area contributed by atoms with Crippen molar-refractivity contribution in [2.45, 2.75) is 126 Å². The molecule has 354 valence electrons. The van der Waals surface area contributed by atoms with Gasteiger partial charge in [0, 0.05) is 38.9 Å². The zero-order valence-electron chi connectivity index (χ0n) is 33.6. The lowest BCUT2D eigenvalue weighted by atomic mass is 9.97. The van der Waals surface area contributed by atoms with Crippen molar-refractivity contribution in [2.24, 2.45) is 5.73 Å². The molecule has 2 amide bonds. The molecule has 0 bridgehead atoms. The number of nitrogens with zero attached hydrogens (tertiary/aromatic N) is 3. The standard InChI is InChI=1S/C31H50N6O11.2C2HF3O2/c1-4-5-6-7-8-9-10-13-33-27(43)17-11-14-35(2)20(28(44)36(17)3)25(48-30-24(42)21(39)18(16-32)46-30)26-22(40)23(41)29(47-26)37-15-12-19(38)34-31(37)45;2*3-2(4,5)1(6)7/h11-12,15,18,20-26,29-30,39-42H,4-10,13-14,16,32H2,1-3H3,(H,33,43)(H,34,38,45);2*(H,6,7)/t18-,20+,21-,22+,23-,24-,25+,26+,29-,30+;;/m1../s1. The minimum Gasteiger partial charge on any atom is -0.475 e. The van der Waals surface area contributed by atoms with Crippen molar-refractivity contribution in [3.8, 4) is 0 Å². The number of likely N-dealkylation sites (N-methyl/N-ethyl adjacent to an activating group) is 2. The molecule has 3 aliphatic rings. The number of alkyl halides is 6. The third-order valence-corrected chi connectivity index (χ3v) is 9.65. The zero-order chi connectivity index (χ0) is 47.3. The van der Waals surface area contributed by atoms with Gasteiger partial charge in [-0.05, 0) is 19.5 Å². The Bertz CT molecular complexity index is 1770. The number of aliphatic hydroxyl groups excluding tert-OH is 4. The monoisotopic (exact) mass is 910 g/mol. The number of H-pyrrole nitrogens is 1. The molecule has 4 heterocycles. The number of carbonyl (C=O) groups is 4. The first-order valence-electron chi connectivity index (χ1n) is 19.1. The van der Waals surface area contributed by atoms with Gasteiger partial charge in [0.05, 0.1) is 0 Å². The number of aromatic nitrogens is 2. The van der Waals surface area contributed by atoms with Crippen molar-refractivity contribution in [1.29, 1.82) is 0 Å². The highest BCUT2D eigenvalue weighted by molar-refractivity contribution is 5.99. The molecular weight excluding hydrogens is 858 g/mol. The van der Waals surface area contributed by atoms with Crippen LogP contribution in [0.25, 0.3) is 0 Å². The number of carboxylic acids is 2. The number of carbonyl (C=O) groups excluding carboxylic acids is 2. The van der Waals surface area contributed by atoms with Gasteiger partial charge in [0.1, 0.15) is 54.5 Å². The number of aromatic amines is 1. The van der Waals surface area contributed by atoms with Gasteiger partial charge < -0.3 is 60.8 Å². The van der Waals surface area contributed by atoms with E-state index in [2.05, 4.69) is 17.2 Å². The fourth-order valence-electron chi connectivity index (χ4n) is 6.32. The molecule has 10 N–H and O–H groups in total. The van der Waals surface area contributed by atoms with Crippen LogP contribution in [0.2, 0.25) is 0 Å². The average Bonchev–Trinajstić information content (AvgIpc) is 3.59. The van der Waals surface area contributed by atoms with Gasteiger partial charge in [0.15, 0.2) is 12.5 Å². The Hall–Kier alpha value is -4.48. The van der Waals surface area contributed by atoms with Crippen LogP contribution in [0.1, 0.15) is 58.1 Å². The molecule has 2 saturated heterocycles. The number of halogens is 6. The molecule has 4 rings (SSSR count). The van der Waals surface area contributed by atoms with E-state index < -0.39 is 109 Å². The van der Waals surface area contributed by atoms with Crippen LogP contribution in [-0.2, 0) is 33.4 Å². The van der Waals surface area contributed by atoms with E-state index in [1.807, 2.05) is 0 Å². The zero-order valence-corrected chi connectivity index (χ0v) is 33.6. The second-order valence-electron chi connectivity index (χ2n) is 14.2. The summed E-state index contributed by atoms with van der Waals surface area (Å²) in [5, 5.41) is 60.5. The number of ether oxygens (including phenoxy) is 3. The van der Waals surface area contributed by atoms with E-state index in [1.165, 1.54) is 26.3 Å². The maximum Gasteiger partial charge on any atom is 0.490 e. The molecule has 0 unspecified atom stereocenters. The predicted molar refractivity (Wildman–Crippen MR) is 198 cm³/mol. The number of hydrogen-bond acceptors (Lipinski definition) is 15. The second kappa shape index (κ2) is 23.8. The van der Waals surface area contributed by atoms with Crippen LogP contribution in [0.3, 0.4) is 0 Å². The summed E-state index contributed by atoms with van der Waals surface area (Å²) in [6.07, 6.45) is -13.5. The van der Waals surface area contributed by atoms with Crippen LogP contribution in [0.5, 0.6) is 0 Å². The summed E-state index contributed by atoms with van der Waals surface area (Å²) < 4.78 is 82.1. The Morgan fingerprint density at radius 2 is 1.44 bits per heavy atom. The topological polar surface area (TPSA) is 317 Å². The van der Waals surface area contributed by atoms with Crippen LogP contribution in [0.15, 0.2) is 33.6 Å². The summed E-state index contributed by atoms with van der Waals surface area (Å²) in [6, 6.07) is -0.270. The first-order valence-corrected chi connectivity index (χ1v) is 19.1. The summed E-state index contributed by atoms with van der Waals surface area (Å²) in [6.45, 7) is 2.50. The molecule has 0 radical (unpaired) electrons.